The molecular weight excluding hydrogens is 390 g/mol. The fourth-order valence-electron chi connectivity index (χ4n) is 4.44. The van der Waals surface area contributed by atoms with E-state index in [4.69, 9.17) is 5.41 Å². The molecule has 1 aliphatic carbocycles. The molecule has 1 saturated carbocycles. The molecule has 4 rings (SSSR count). The highest BCUT2D eigenvalue weighted by atomic mass is 16.2. The number of hydrogen-bond acceptors (Lipinski definition) is 5. The van der Waals surface area contributed by atoms with Crippen LogP contribution in [0.4, 0.5) is 10.6 Å². The lowest BCUT2D eigenvalue weighted by atomic mass is 10.0. The van der Waals surface area contributed by atoms with Crippen LogP contribution in [-0.2, 0) is 0 Å². The zero-order valence-corrected chi connectivity index (χ0v) is 18.1. The second-order valence-electron chi connectivity index (χ2n) is 8.85. The van der Waals surface area contributed by atoms with Crippen molar-refractivity contribution in [1.29, 1.82) is 5.41 Å². The zero-order chi connectivity index (χ0) is 21.7. The summed E-state index contributed by atoms with van der Waals surface area (Å²) in [6.45, 7) is 4.17. The zero-order valence-electron chi connectivity index (χ0n) is 18.1. The molecule has 0 aromatic carbocycles. The first kappa shape index (κ1) is 21.4. The maximum Gasteiger partial charge on any atom is 0.320 e. The minimum atomic E-state index is -0.225. The molecule has 8 heteroatoms. The number of nitrogens with one attached hydrogen (secondary N) is 4. The normalized spacial score (nSPS) is 19.3. The van der Waals surface area contributed by atoms with Crippen molar-refractivity contribution >= 4 is 34.7 Å². The third kappa shape index (κ3) is 5.45. The van der Waals surface area contributed by atoms with E-state index in [-0.39, 0.29) is 11.6 Å². The summed E-state index contributed by atoms with van der Waals surface area (Å²) >= 11 is 0. The molecule has 2 aromatic heterocycles. The molecule has 0 atom stereocenters. The van der Waals surface area contributed by atoms with Crippen molar-refractivity contribution < 1.29 is 10.1 Å². The van der Waals surface area contributed by atoms with Crippen LogP contribution in [-0.4, -0.2) is 46.9 Å². The maximum absolute atomic E-state index is 12.4. The number of piperidine rings is 1. The lowest BCUT2D eigenvalue weighted by Crippen LogP contribution is -2.86. The number of pyridine rings is 2. The van der Waals surface area contributed by atoms with Crippen molar-refractivity contribution in [1.82, 2.24) is 20.6 Å². The summed E-state index contributed by atoms with van der Waals surface area (Å²) < 4.78 is 0. The van der Waals surface area contributed by atoms with Crippen molar-refractivity contribution in [2.75, 3.05) is 18.4 Å². The average molecular weight is 423 g/mol. The largest absolute Gasteiger partial charge is 0.333 e. The maximum atomic E-state index is 12.4. The molecule has 2 aliphatic rings. The van der Waals surface area contributed by atoms with Crippen molar-refractivity contribution in [2.45, 2.75) is 57.0 Å². The van der Waals surface area contributed by atoms with E-state index < -0.39 is 0 Å². The third-order valence-corrected chi connectivity index (χ3v) is 6.32. The first-order valence-electron chi connectivity index (χ1n) is 11.2. The molecule has 0 spiro atoms. The van der Waals surface area contributed by atoms with E-state index in [2.05, 4.69) is 38.2 Å². The predicted molar refractivity (Wildman–Crippen MR) is 123 cm³/mol. The number of urea groups is 1. The van der Waals surface area contributed by atoms with Crippen LogP contribution in [0.1, 0.15) is 51.0 Å². The Kier molecular flexibility index (Phi) is 6.58. The van der Waals surface area contributed by atoms with Crippen LogP contribution in [0.5, 0.6) is 0 Å². The molecule has 0 unspecified atom stereocenters. The summed E-state index contributed by atoms with van der Waals surface area (Å²) in [6.07, 6.45) is 11.7. The van der Waals surface area contributed by atoms with Gasteiger partial charge in [-0.15, -0.1) is 0 Å². The number of carbonyl (C=O) groups excluding carboxylic acids is 1. The van der Waals surface area contributed by atoms with Crippen LogP contribution in [0.25, 0.3) is 16.6 Å². The molecule has 2 amide bonds. The monoisotopic (exact) mass is 422 g/mol. The minimum Gasteiger partial charge on any atom is -0.333 e. The van der Waals surface area contributed by atoms with Crippen LogP contribution >= 0.6 is 0 Å². The van der Waals surface area contributed by atoms with E-state index in [1.54, 1.807) is 12.3 Å². The molecule has 3 heterocycles. The standard InChI is InChI=1S/C23H31N7O/c1-23(8-2-3-9-23)30-22(31)29-21-5-4-19-20(28-21)12-16(14-27-19)17(13-24)15-26-18-6-10-25-11-7-18/h4-5,12-15,18,24-26H,2-3,6-11H2,1H3,(H2,28,29,30,31)/p+1. The van der Waals surface area contributed by atoms with Gasteiger partial charge in [0.25, 0.3) is 0 Å². The first-order valence-corrected chi connectivity index (χ1v) is 11.2. The van der Waals surface area contributed by atoms with Crippen LogP contribution in [0.3, 0.4) is 0 Å². The second kappa shape index (κ2) is 9.53. The fraction of sp³-hybridized carbons (Fsp3) is 0.478. The van der Waals surface area contributed by atoms with Crippen molar-refractivity contribution in [3.8, 4) is 0 Å². The van der Waals surface area contributed by atoms with E-state index in [0.717, 1.165) is 68.3 Å². The summed E-state index contributed by atoms with van der Waals surface area (Å²) in [5.74, 6) is 0.493. The van der Waals surface area contributed by atoms with Crippen molar-refractivity contribution in [2.24, 2.45) is 0 Å². The topological polar surface area (TPSA) is 119 Å². The summed E-state index contributed by atoms with van der Waals surface area (Å²) in [7, 11) is 0. The smallest absolute Gasteiger partial charge is 0.320 e. The van der Waals surface area contributed by atoms with Gasteiger partial charge in [-0.2, -0.15) is 0 Å². The number of nitrogens with zero attached hydrogens (tertiary/aromatic N) is 2. The number of hydrogen-bond donors (Lipinski definition) is 5. The highest BCUT2D eigenvalue weighted by Crippen LogP contribution is 2.29. The Morgan fingerprint density at radius 2 is 2.03 bits per heavy atom. The Morgan fingerprint density at radius 1 is 1.26 bits per heavy atom. The molecule has 2 aromatic rings. The highest BCUT2D eigenvalue weighted by Gasteiger charge is 2.30. The van der Waals surface area contributed by atoms with Crippen LogP contribution in [0.15, 0.2) is 30.6 Å². The summed E-state index contributed by atoms with van der Waals surface area (Å²) in [4.78, 5) is 21.5. The van der Waals surface area contributed by atoms with Gasteiger partial charge >= 0.3 is 6.03 Å². The van der Waals surface area contributed by atoms with Gasteiger partial charge < -0.3 is 21.4 Å². The Labute approximate surface area is 182 Å². The van der Waals surface area contributed by atoms with Crippen LogP contribution in [0.2, 0.25) is 0 Å². The van der Waals surface area contributed by atoms with Gasteiger partial charge in [0.15, 0.2) is 0 Å². The molecular formula is C23H32N7O+. The quantitative estimate of drug-likeness (QED) is 0.459. The number of rotatable bonds is 6. The lowest BCUT2D eigenvalue weighted by molar-refractivity contribution is -0.627. The first-order chi connectivity index (χ1) is 15.0. The number of fused-ring (bicyclic) bond motifs is 1. The van der Waals surface area contributed by atoms with Gasteiger partial charge in [0.2, 0.25) is 0 Å². The number of anilines is 1. The Bertz CT molecular complexity index is 975. The van der Waals surface area contributed by atoms with Gasteiger partial charge in [-0.3, -0.25) is 10.3 Å². The fourth-order valence-corrected chi connectivity index (χ4v) is 4.44. The molecule has 2 fully saturated rings. The number of aromatic nitrogens is 2. The molecule has 6 N–H and O–H groups in total. The van der Waals surface area contributed by atoms with E-state index >= 15 is 0 Å². The minimum absolute atomic E-state index is 0.135. The Hall–Kier alpha value is -2.84. The van der Waals surface area contributed by atoms with Crippen molar-refractivity contribution in [3.05, 3.63) is 36.2 Å². The number of amides is 2. The Balaban J connectivity index is 1.48. The van der Waals surface area contributed by atoms with Gasteiger partial charge in [-0.25, -0.2) is 9.78 Å². The average Bonchev–Trinajstić information content (AvgIpc) is 3.20. The van der Waals surface area contributed by atoms with Gasteiger partial charge in [0.05, 0.1) is 22.6 Å². The van der Waals surface area contributed by atoms with Crippen LogP contribution in [0, 0.1) is 5.41 Å². The number of allylic oxidation sites excluding steroid dienone is 1. The van der Waals surface area contributed by atoms with Gasteiger partial charge in [-0.05, 0) is 38.0 Å². The highest BCUT2D eigenvalue weighted by molar-refractivity contribution is 6.08. The van der Waals surface area contributed by atoms with E-state index in [1.807, 2.05) is 18.3 Å². The van der Waals surface area contributed by atoms with E-state index in [0.29, 0.717) is 17.4 Å². The second-order valence-corrected chi connectivity index (χ2v) is 8.85. The number of nitrogens with two attached hydrogens (primary N) is 1. The molecule has 0 radical (unpaired) electrons. The third-order valence-electron chi connectivity index (χ3n) is 6.32. The SMILES string of the molecule is CC1(NC(=O)Nc2ccc3ncc(C(C=N)=C[NH2+]C4CCNCC4)cc3n2)CCCC1. The molecule has 8 nitrogen and oxygen atoms in total. The molecule has 1 aliphatic heterocycles. The van der Waals surface area contributed by atoms with Gasteiger partial charge in [0, 0.05) is 49.4 Å². The van der Waals surface area contributed by atoms with Gasteiger partial charge in [-0.1, -0.05) is 12.8 Å². The van der Waals surface area contributed by atoms with Crippen LogP contribution < -0.4 is 21.3 Å². The summed E-state index contributed by atoms with van der Waals surface area (Å²) in [6, 6.07) is 5.87. The molecule has 1 saturated heterocycles. The lowest BCUT2D eigenvalue weighted by Gasteiger charge is -2.25. The molecule has 0 bridgehead atoms. The summed E-state index contributed by atoms with van der Waals surface area (Å²) in [5.41, 5.74) is 2.96. The number of quaternary nitrogens is 1. The molecule has 164 valence electrons. The van der Waals surface area contributed by atoms with E-state index in [1.165, 1.54) is 6.21 Å². The predicted octanol–water partition coefficient (Wildman–Crippen LogP) is 2.39. The van der Waals surface area contributed by atoms with E-state index in [9.17, 15) is 4.79 Å². The van der Waals surface area contributed by atoms with Crippen molar-refractivity contribution in [3.63, 3.8) is 0 Å². The number of carbonyl (C=O) groups is 1. The summed E-state index contributed by atoms with van der Waals surface area (Å²) in [5, 5.41) is 19.4. The molecule has 31 heavy (non-hydrogen) atoms. The van der Waals surface area contributed by atoms with Gasteiger partial charge in [0.1, 0.15) is 12.0 Å². The Morgan fingerprint density at radius 3 is 2.77 bits per heavy atom.